The third-order valence-electron chi connectivity index (χ3n) is 3.55. The van der Waals surface area contributed by atoms with Gasteiger partial charge in [-0.05, 0) is 58.0 Å². The van der Waals surface area contributed by atoms with Crippen molar-refractivity contribution in [3.05, 3.63) is 57.9 Å². The molecule has 27 heavy (non-hydrogen) atoms. The fourth-order valence-corrected chi connectivity index (χ4v) is 2.62. The zero-order chi connectivity index (χ0) is 20.2. The maximum atomic E-state index is 14.1. The second-order valence-electron chi connectivity index (χ2n) is 6.67. The molecular formula is C19H21BrFN3O3. The summed E-state index contributed by atoms with van der Waals surface area (Å²) in [6.45, 7) is 7.37. The minimum atomic E-state index is -0.780. The average Bonchev–Trinajstić information content (AvgIpc) is 2.58. The summed E-state index contributed by atoms with van der Waals surface area (Å²) in [5.41, 5.74) is 1.76. The lowest BCUT2D eigenvalue weighted by Crippen LogP contribution is -2.56. The number of carbonyl (C=O) groups excluding carboxylic acids is 2. The number of nitrogens with zero attached hydrogens (tertiary/aromatic N) is 2. The number of rotatable bonds is 4. The van der Waals surface area contributed by atoms with E-state index < -0.39 is 23.2 Å². The van der Waals surface area contributed by atoms with Crippen LogP contribution in [-0.4, -0.2) is 34.0 Å². The van der Waals surface area contributed by atoms with E-state index in [9.17, 15) is 14.0 Å². The Labute approximate surface area is 165 Å². The van der Waals surface area contributed by atoms with Gasteiger partial charge in [0.05, 0.1) is 17.7 Å². The van der Waals surface area contributed by atoms with E-state index >= 15 is 0 Å². The molecule has 0 aliphatic carbocycles. The molecule has 0 saturated heterocycles. The molecule has 0 radical (unpaired) electrons. The number of ether oxygens (including phenoxy) is 1. The van der Waals surface area contributed by atoms with E-state index in [2.05, 4.69) is 26.3 Å². The van der Waals surface area contributed by atoms with Gasteiger partial charge in [-0.1, -0.05) is 15.9 Å². The van der Waals surface area contributed by atoms with Crippen molar-refractivity contribution in [3.63, 3.8) is 0 Å². The van der Waals surface area contributed by atoms with Crippen molar-refractivity contribution in [3.8, 4) is 5.88 Å². The number of hydrogen-bond donors (Lipinski definition) is 1. The van der Waals surface area contributed by atoms with Crippen molar-refractivity contribution in [2.45, 2.75) is 33.2 Å². The quantitative estimate of drug-likeness (QED) is 0.734. The van der Waals surface area contributed by atoms with Gasteiger partial charge in [0, 0.05) is 10.7 Å². The minimum absolute atomic E-state index is 0.170. The number of benzene rings is 1. The summed E-state index contributed by atoms with van der Waals surface area (Å²) in [5.74, 6) is -1.77. The molecule has 8 heteroatoms. The Hall–Kier alpha value is -2.48. The number of pyridine rings is 1. The first kappa shape index (κ1) is 20.8. The molecule has 1 heterocycles. The molecule has 0 unspecified atom stereocenters. The van der Waals surface area contributed by atoms with Gasteiger partial charge in [0.2, 0.25) is 5.88 Å². The molecule has 0 atom stereocenters. The number of halogens is 2. The van der Waals surface area contributed by atoms with E-state index in [1.54, 1.807) is 45.9 Å². The smallest absolute Gasteiger partial charge is 0.278 e. The van der Waals surface area contributed by atoms with Crippen molar-refractivity contribution in [2.24, 2.45) is 0 Å². The van der Waals surface area contributed by atoms with Gasteiger partial charge < -0.3 is 4.74 Å². The Bertz CT molecular complexity index is 852. The highest BCUT2D eigenvalue weighted by Crippen LogP contribution is 2.22. The predicted molar refractivity (Wildman–Crippen MR) is 103 cm³/mol. The Morgan fingerprint density at radius 1 is 1.26 bits per heavy atom. The van der Waals surface area contributed by atoms with Gasteiger partial charge in [-0.2, -0.15) is 0 Å². The SMILES string of the molecule is CCOc1ncccc1C(=O)N(NC(=O)c1ccc(Br)cc1F)C(C)(C)C. The number of aromatic nitrogens is 1. The van der Waals surface area contributed by atoms with Gasteiger partial charge in [0.15, 0.2) is 0 Å². The monoisotopic (exact) mass is 437 g/mol. The fourth-order valence-electron chi connectivity index (χ4n) is 2.28. The van der Waals surface area contributed by atoms with Crippen molar-refractivity contribution in [2.75, 3.05) is 6.61 Å². The van der Waals surface area contributed by atoms with E-state index in [0.29, 0.717) is 11.1 Å². The van der Waals surface area contributed by atoms with Crippen LogP contribution in [0.1, 0.15) is 48.4 Å². The Morgan fingerprint density at radius 3 is 2.56 bits per heavy atom. The van der Waals surface area contributed by atoms with E-state index in [4.69, 9.17) is 4.74 Å². The van der Waals surface area contributed by atoms with Crippen molar-refractivity contribution in [1.82, 2.24) is 15.4 Å². The second-order valence-corrected chi connectivity index (χ2v) is 7.58. The molecule has 2 aromatic rings. The summed E-state index contributed by atoms with van der Waals surface area (Å²) in [7, 11) is 0. The topological polar surface area (TPSA) is 71.5 Å². The van der Waals surface area contributed by atoms with Crippen molar-refractivity contribution < 1.29 is 18.7 Å². The summed E-state index contributed by atoms with van der Waals surface area (Å²) in [6.07, 6.45) is 1.51. The van der Waals surface area contributed by atoms with Gasteiger partial charge in [-0.15, -0.1) is 0 Å². The zero-order valence-electron chi connectivity index (χ0n) is 15.5. The number of hydrazine groups is 1. The van der Waals surface area contributed by atoms with E-state index in [-0.39, 0.29) is 17.0 Å². The lowest BCUT2D eigenvalue weighted by Gasteiger charge is -2.35. The van der Waals surface area contributed by atoms with Gasteiger partial charge >= 0.3 is 0 Å². The summed E-state index contributed by atoms with van der Waals surface area (Å²) >= 11 is 3.15. The fraction of sp³-hybridized carbons (Fsp3) is 0.316. The Morgan fingerprint density at radius 2 is 1.96 bits per heavy atom. The highest BCUT2D eigenvalue weighted by molar-refractivity contribution is 9.10. The van der Waals surface area contributed by atoms with Gasteiger partial charge in [0.25, 0.3) is 11.8 Å². The molecule has 0 bridgehead atoms. The summed E-state index contributed by atoms with van der Waals surface area (Å²) < 4.78 is 20.0. The number of carbonyl (C=O) groups is 2. The summed E-state index contributed by atoms with van der Waals surface area (Å²) in [5, 5.41) is 1.15. The maximum Gasteiger partial charge on any atom is 0.278 e. The summed E-state index contributed by atoms with van der Waals surface area (Å²) in [4.78, 5) is 29.7. The molecular weight excluding hydrogens is 417 g/mol. The predicted octanol–water partition coefficient (Wildman–Crippen LogP) is 3.97. The van der Waals surface area contributed by atoms with E-state index in [0.717, 1.165) is 5.01 Å². The van der Waals surface area contributed by atoms with Crippen molar-refractivity contribution in [1.29, 1.82) is 0 Å². The third kappa shape index (κ3) is 5.03. The van der Waals surface area contributed by atoms with Gasteiger partial charge in [0.1, 0.15) is 11.4 Å². The standard InChI is InChI=1S/C19H21BrFN3O3/c1-5-27-17-14(7-6-10-22-17)18(26)24(19(2,3)4)23-16(25)13-9-8-12(20)11-15(13)21/h6-11H,5H2,1-4H3,(H,23,25). The molecule has 0 saturated carbocycles. The number of amides is 2. The Balaban J connectivity index is 2.36. The molecule has 1 N–H and O–H groups in total. The largest absolute Gasteiger partial charge is 0.477 e. The lowest BCUT2D eigenvalue weighted by molar-refractivity contribution is 0.0353. The summed E-state index contributed by atoms with van der Waals surface area (Å²) in [6, 6.07) is 7.25. The number of nitrogens with one attached hydrogen (secondary N) is 1. The van der Waals surface area contributed by atoms with Crippen molar-refractivity contribution >= 4 is 27.7 Å². The molecule has 2 amide bonds. The van der Waals surface area contributed by atoms with Crippen LogP contribution in [0.15, 0.2) is 41.0 Å². The minimum Gasteiger partial charge on any atom is -0.477 e. The first-order chi connectivity index (χ1) is 12.6. The first-order valence-corrected chi connectivity index (χ1v) is 9.13. The normalized spacial score (nSPS) is 11.0. The molecule has 144 valence electrons. The van der Waals surface area contributed by atoms with Gasteiger partial charge in [-0.3, -0.25) is 15.0 Å². The average molecular weight is 438 g/mol. The van der Waals surface area contributed by atoms with Crippen LogP contribution in [0, 0.1) is 5.82 Å². The van der Waals surface area contributed by atoms with Crippen LogP contribution in [0.4, 0.5) is 4.39 Å². The van der Waals surface area contributed by atoms with Crippen LogP contribution < -0.4 is 10.2 Å². The Kier molecular flexibility index (Phi) is 6.54. The van der Waals surface area contributed by atoms with E-state index in [1.807, 2.05) is 0 Å². The van der Waals surface area contributed by atoms with Crippen LogP contribution >= 0.6 is 15.9 Å². The lowest BCUT2D eigenvalue weighted by atomic mass is 10.1. The molecule has 1 aromatic heterocycles. The van der Waals surface area contributed by atoms with Crippen LogP contribution in [0.3, 0.4) is 0 Å². The molecule has 0 aliphatic heterocycles. The zero-order valence-corrected chi connectivity index (χ0v) is 17.1. The van der Waals surface area contributed by atoms with Crippen LogP contribution in [-0.2, 0) is 0 Å². The van der Waals surface area contributed by atoms with Crippen LogP contribution in [0.2, 0.25) is 0 Å². The van der Waals surface area contributed by atoms with Gasteiger partial charge in [-0.25, -0.2) is 14.4 Å². The molecule has 1 aromatic carbocycles. The second kappa shape index (κ2) is 8.47. The van der Waals surface area contributed by atoms with E-state index in [1.165, 1.54) is 18.3 Å². The number of hydrogen-bond acceptors (Lipinski definition) is 4. The molecule has 0 spiro atoms. The molecule has 6 nitrogen and oxygen atoms in total. The molecule has 0 fully saturated rings. The van der Waals surface area contributed by atoms with Crippen LogP contribution in [0.25, 0.3) is 0 Å². The molecule has 2 rings (SSSR count). The van der Waals surface area contributed by atoms with Crippen LogP contribution in [0.5, 0.6) is 5.88 Å². The third-order valence-corrected chi connectivity index (χ3v) is 4.04. The molecule has 0 aliphatic rings. The maximum absolute atomic E-state index is 14.1. The highest BCUT2D eigenvalue weighted by Gasteiger charge is 2.32. The highest BCUT2D eigenvalue weighted by atomic mass is 79.9. The first-order valence-electron chi connectivity index (χ1n) is 8.33.